The van der Waals surface area contributed by atoms with Gasteiger partial charge in [-0.25, -0.2) is 0 Å². The van der Waals surface area contributed by atoms with Crippen molar-refractivity contribution in [2.75, 3.05) is 0 Å². The van der Waals surface area contributed by atoms with Gasteiger partial charge in [-0.1, -0.05) is 115 Å². The predicted octanol–water partition coefficient (Wildman–Crippen LogP) is 12.8. The summed E-state index contributed by atoms with van der Waals surface area (Å²) < 4.78 is 26.9. The Balaban J connectivity index is 0.000000140. The van der Waals surface area contributed by atoms with Gasteiger partial charge in [0.2, 0.25) is 0 Å². The molecule has 0 amide bonds. The van der Waals surface area contributed by atoms with E-state index in [2.05, 4.69) is 13.8 Å². The number of ether oxygens (including phenoxy) is 5. The molecule has 9 aliphatic carbocycles. The maximum absolute atomic E-state index is 5.71. The molecular weight excluding hydrogens is 645 g/mol. The van der Waals surface area contributed by atoms with Crippen molar-refractivity contribution in [1.29, 1.82) is 0 Å². The highest BCUT2D eigenvalue weighted by Gasteiger charge is 2.67. The van der Waals surface area contributed by atoms with E-state index in [0.717, 1.165) is 47.7 Å². The first-order valence-corrected chi connectivity index (χ1v) is 23.8. The number of epoxide rings is 5. The fourth-order valence-electron chi connectivity index (χ4n) is 11.4. The van der Waals surface area contributed by atoms with Gasteiger partial charge < -0.3 is 23.7 Å². The molecule has 14 aliphatic rings. The molecule has 0 aromatic carbocycles. The summed E-state index contributed by atoms with van der Waals surface area (Å²) in [5, 5.41) is 0. The molecule has 4 bridgehead atoms. The zero-order valence-electron chi connectivity index (χ0n) is 36.5. The van der Waals surface area contributed by atoms with Gasteiger partial charge in [-0.2, -0.15) is 0 Å². The van der Waals surface area contributed by atoms with Crippen molar-refractivity contribution in [1.82, 2.24) is 0 Å². The molecule has 0 aromatic rings. The van der Waals surface area contributed by atoms with E-state index >= 15 is 0 Å². The molecule has 16 atom stereocenters. The van der Waals surface area contributed by atoms with Gasteiger partial charge in [0, 0.05) is 0 Å². The summed E-state index contributed by atoms with van der Waals surface area (Å²) in [6.07, 6.45) is 32.5. The van der Waals surface area contributed by atoms with Crippen LogP contribution in [0.4, 0.5) is 0 Å². The fraction of sp³-hybridized carbons (Fsp3) is 1.00. The van der Waals surface area contributed by atoms with Crippen LogP contribution in [0.15, 0.2) is 0 Å². The van der Waals surface area contributed by atoms with Gasteiger partial charge in [-0.05, 0) is 124 Å². The quantitative estimate of drug-likeness (QED) is 0.232. The lowest BCUT2D eigenvalue weighted by molar-refractivity contribution is -0.139. The molecule has 5 heterocycles. The summed E-state index contributed by atoms with van der Waals surface area (Å²) >= 11 is 0. The highest BCUT2D eigenvalue weighted by molar-refractivity contribution is 5.15. The normalized spacial score (nSPS) is 46.4. The summed E-state index contributed by atoms with van der Waals surface area (Å²) in [5.41, 5.74) is 0.655. The Labute approximate surface area is 323 Å². The average molecular weight is 733 g/mol. The minimum absolute atomic E-state index is 0.655. The summed E-state index contributed by atoms with van der Waals surface area (Å²) in [5.74, 6) is 6.06. The van der Waals surface area contributed by atoms with Crippen molar-refractivity contribution in [3.63, 3.8) is 0 Å². The second kappa shape index (κ2) is 21.4. The summed E-state index contributed by atoms with van der Waals surface area (Å²) in [6.45, 7) is 25.0. The van der Waals surface area contributed by atoms with E-state index in [9.17, 15) is 0 Å². The Kier molecular flexibility index (Phi) is 18.3. The van der Waals surface area contributed by atoms with Crippen LogP contribution in [-0.4, -0.2) is 61.0 Å². The minimum atomic E-state index is 0.655. The molecule has 5 saturated heterocycles. The molecule has 9 saturated carbocycles. The number of hydrogen-bond acceptors (Lipinski definition) is 5. The maximum Gasteiger partial charge on any atom is 0.0875 e. The Bertz CT molecular complexity index is 943. The van der Waals surface area contributed by atoms with Crippen molar-refractivity contribution < 1.29 is 23.7 Å². The number of fused-ring (bicyclic) bond motifs is 9. The molecule has 0 N–H and O–H groups in total. The molecule has 5 nitrogen and oxygen atoms in total. The van der Waals surface area contributed by atoms with Gasteiger partial charge in [0.05, 0.1) is 61.0 Å². The van der Waals surface area contributed by atoms with Gasteiger partial charge in [0.25, 0.3) is 0 Å². The molecule has 0 spiro atoms. The van der Waals surface area contributed by atoms with E-state index in [1.807, 2.05) is 69.2 Å². The largest absolute Gasteiger partial charge is 0.370 e. The summed E-state index contributed by atoms with van der Waals surface area (Å²) in [4.78, 5) is 0. The molecule has 16 unspecified atom stereocenters. The predicted molar refractivity (Wildman–Crippen MR) is 218 cm³/mol. The second-order valence-electron chi connectivity index (χ2n) is 17.2. The van der Waals surface area contributed by atoms with Gasteiger partial charge >= 0.3 is 0 Å². The molecule has 0 aromatic heterocycles. The van der Waals surface area contributed by atoms with Crippen LogP contribution in [0, 0.1) is 40.9 Å². The zero-order valence-corrected chi connectivity index (χ0v) is 36.5. The monoisotopic (exact) mass is 733 g/mol. The molecule has 5 aliphatic heterocycles. The van der Waals surface area contributed by atoms with Crippen molar-refractivity contribution in [2.24, 2.45) is 40.9 Å². The first kappa shape index (κ1) is 44.5. The third-order valence-electron chi connectivity index (χ3n) is 14.4. The van der Waals surface area contributed by atoms with E-state index in [-0.39, 0.29) is 0 Å². The van der Waals surface area contributed by atoms with Gasteiger partial charge in [-0.3, -0.25) is 0 Å². The number of hydrogen-bond donors (Lipinski definition) is 0. The van der Waals surface area contributed by atoms with E-state index < -0.39 is 0 Å². The zero-order chi connectivity index (χ0) is 38.0. The third-order valence-corrected chi connectivity index (χ3v) is 14.4. The Morgan fingerprint density at radius 1 is 0.346 bits per heavy atom. The van der Waals surface area contributed by atoms with Crippen LogP contribution in [-0.2, 0) is 23.7 Å². The molecule has 0 radical (unpaired) electrons. The Morgan fingerprint density at radius 2 is 0.769 bits per heavy atom. The van der Waals surface area contributed by atoms with Crippen LogP contribution in [0.25, 0.3) is 0 Å². The Hall–Kier alpha value is -0.200. The van der Waals surface area contributed by atoms with Crippen molar-refractivity contribution in [3.8, 4) is 0 Å². The highest BCUT2D eigenvalue weighted by atomic mass is 16.6. The lowest BCUT2D eigenvalue weighted by Gasteiger charge is -2.61. The van der Waals surface area contributed by atoms with Crippen molar-refractivity contribution in [3.05, 3.63) is 0 Å². The molecule has 5 heteroatoms. The summed E-state index contributed by atoms with van der Waals surface area (Å²) in [7, 11) is 0. The maximum atomic E-state index is 5.71. The minimum Gasteiger partial charge on any atom is -0.370 e. The van der Waals surface area contributed by atoms with Crippen LogP contribution in [0.5, 0.6) is 0 Å². The van der Waals surface area contributed by atoms with Crippen LogP contribution in [0.1, 0.15) is 199 Å². The molecule has 306 valence electrons. The lowest BCUT2D eigenvalue weighted by Crippen LogP contribution is -2.55. The Morgan fingerprint density at radius 3 is 1.15 bits per heavy atom. The SMILES string of the molecule is C1CC2CC1C1OC21.C1CC2OC2C1.C1CCC2OC2C1.C1CCC2OC2CC1.CC.CC.CC.CC.CC.CC1(C)C2CC3CC4OC4C3C1C2. The van der Waals surface area contributed by atoms with Crippen LogP contribution in [0.2, 0.25) is 0 Å². The topological polar surface area (TPSA) is 62.6 Å². The summed E-state index contributed by atoms with van der Waals surface area (Å²) in [6, 6.07) is 0. The fourth-order valence-corrected chi connectivity index (χ4v) is 11.4. The lowest BCUT2D eigenvalue weighted by atomic mass is 9.43. The molecule has 14 rings (SSSR count). The number of rotatable bonds is 0. The van der Waals surface area contributed by atoms with Crippen molar-refractivity contribution in [2.45, 2.75) is 260 Å². The van der Waals surface area contributed by atoms with Crippen molar-refractivity contribution >= 4 is 0 Å². The van der Waals surface area contributed by atoms with E-state index in [1.165, 1.54) is 116 Å². The van der Waals surface area contributed by atoms with E-state index in [0.29, 0.717) is 54.2 Å². The first-order chi connectivity index (χ1) is 25.5. The second-order valence-corrected chi connectivity index (χ2v) is 17.2. The highest BCUT2D eigenvalue weighted by Crippen LogP contribution is 2.69. The van der Waals surface area contributed by atoms with Crippen LogP contribution < -0.4 is 0 Å². The molecule has 14 fully saturated rings. The smallest absolute Gasteiger partial charge is 0.0875 e. The van der Waals surface area contributed by atoms with Crippen LogP contribution >= 0.6 is 0 Å². The third kappa shape index (κ3) is 11.0. The van der Waals surface area contributed by atoms with E-state index in [1.54, 1.807) is 0 Å². The standard InChI is InChI=1S/C12H18O.C7H10O.C7H12O.C6H10O.C5H8O.5C2H6/c1-12(2)7-3-6-4-9-11(13-9)10(6)8(12)5-7;1-2-5-3-4(1)6-7(5)8-6;1-2-4-6-7(8-6)5-3-1;1-2-4-6-5(3-1)7-6;1-2-4-5(3-1)6-4;5*1-2/h6-11H,3-5H2,1-2H3;4-7H,1-3H2;6-7H,1-5H2;5-6H,1-4H2;4-5H,1-3H2;5*1-2H3. The van der Waals surface area contributed by atoms with Gasteiger partial charge in [-0.15, -0.1) is 0 Å². The van der Waals surface area contributed by atoms with Gasteiger partial charge in [0.15, 0.2) is 0 Å². The molecular formula is C47H88O5. The van der Waals surface area contributed by atoms with E-state index in [4.69, 9.17) is 23.7 Å². The average Bonchev–Trinajstić information content (AvgIpc) is 4.01. The van der Waals surface area contributed by atoms with Gasteiger partial charge in [0.1, 0.15) is 0 Å². The van der Waals surface area contributed by atoms with Crippen LogP contribution in [0.3, 0.4) is 0 Å². The first-order valence-electron chi connectivity index (χ1n) is 23.8. The molecule has 52 heavy (non-hydrogen) atoms.